The van der Waals surface area contributed by atoms with Gasteiger partial charge >= 0.3 is 0 Å². The fourth-order valence-electron chi connectivity index (χ4n) is 1.12. The zero-order valence-corrected chi connectivity index (χ0v) is 11.0. The number of rotatable bonds is 3. The molecule has 0 aliphatic heterocycles. The minimum Gasteiger partial charge on any atom is -0.274 e. The van der Waals surface area contributed by atoms with Gasteiger partial charge in [-0.2, -0.15) is 0 Å². The lowest BCUT2D eigenvalue weighted by atomic mass is 10.2. The van der Waals surface area contributed by atoms with E-state index in [1.807, 2.05) is 4.72 Å². The van der Waals surface area contributed by atoms with E-state index < -0.39 is 15.9 Å². The van der Waals surface area contributed by atoms with Gasteiger partial charge in [0, 0.05) is 11.4 Å². The number of benzene rings is 1. The van der Waals surface area contributed by atoms with E-state index in [0.29, 0.717) is 9.99 Å². The highest BCUT2D eigenvalue weighted by atomic mass is 127. The molecular formula is C9H10INO3S. The summed E-state index contributed by atoms with van der Waals surface area (Å²) in [4.78, 5) is 10.9. The summed E-state index contributed by atoms with van der Waals surface area (Å²) in [6.45, 7) is 1.17. The number of carbonyl (C=O) groups excluding carboxylic acids is 1. The molecule has 1 rings (SSSR count). The maximum atomic E-state index is 11.7. The maximum Gasteiger partial charge on any atom is 0.264 e. The van der Waals surface area contributed by atoms with Crippen molar-refractivity contribution in [3.8, 4) is 0 Å². The van der Waals surface area contributed by atoms with Crippen molar-refractivity contribution in [3.05, 3.63) is 29.8 Å². The number of hydrogen-bond donors (Lipinski definition) is 1. The van der Waals surface area contributed by atoms with Gasteiger partial charge in [-0.05, 0) is 11.6 Å². The van der Waals surface area contributed by atoms with Crippen LogP contribution in [0.15, 0.2) is 29.2 Å². The van der Waals surface area contributed by atoms with E-state index in [1.54, 1.807) is 18.2 Å². The normalized spacial score (nSPS) is 11.1. The Bertz CT molecular complexity index is 470. The predicted molar refractivity (Wildman–Crippen MR) is 65.2 cm³/mol. The van der Waals surface area contributed by atoms with Gasteiger partial charge in [0.05, 0.1) is 4.90 Å². The van der Waals surface area contributed by atoms with Crippen molar-refractivity contribution in [2.45, 2.75) is 16.2 Å². The van der Waals surface area contributed by atoms with E-state index in [2.05, 4.69) is 22.6 Å². The molecule has 1 amide bonds. The third kappa shape index (κ3) is 3.16. The summed E-state index contributed by atoms with van der Waals surface area (Å²) >= 11 is 2.08. The molecule has 0 aromatic heterocycles. The SMILES string of the molecule is CC(=O)NS(=O)(=O)c1ccccc1CI. The lowest BCUT2D eigenvalue weighted by Gasteiger charge is -2.08. The van der Waals surface area contributed by atoms with Crippen molar-refractivity contribution >= 4 is 38.5 Å². The fraction of sp³-hybridized carbons (Fsp3) is 0.222. The Kier molecular flexibility index (Phi) is 4.09. The molecule has 0 radical (unpaired) electrons. The van der Waals surface area contributed by atoms with Crippen LogP contribution in [0.3, 0.4) is 0 Å². The zero-order chi connectivity index (χ0) is 11.5. The molecule has 0 spiro atoms. The molecule has 1 aromatic rings. The number of sulfonamides is 1. The molecule has 0 saturated carbocycles. The Morgan fingerprint density at radius 3 is 2.53 bits per heavy atom. The molecule has 0 saturated heterocycles. The Hall–Kier alpha value is -0.630. The first-order valence-electron chi connectivity index (χ1n) is 4.14. The zero-order valence-electron chi connectivity index (χ0n) is 8.03. The molecule has 0 unspecified atom stereocenters. The Balaban J connectivity index is 3.20. The first-order chi connectivity index (χ1) is 6.97. The van der Waals surface area contributed by atoms with E-state index in [-0.39, 0.29) is 4.90 Å². The van der Waals surface area contributed by atoms with Crippen molar-refractivity contribution in [1.29, 1.82) is 0 Å². The van der Waals surface area contributed by atoms with E-state index in [4.69, 9.17) is 0 Å². The second kappa shape index (κ2) is 4.93. The molecule has 82 valence electrons. The van der Waals surface area contributed by atoms with Gasteiger partial charge < -0.3 is 0 Å². The quantitative estimate of drug-likeness (QED) is 0.670. The van der Waals surface area contributed by atoms with E-state index in [0.717, 1.165) is 0 Å². The highest BCUT2D eigenvalue weighted by Gasteiger charge is 2.18. The van der Waals surface area contributed by atoms with Crippen LogP contribution in [0, 0.1) is 0 Å². The highest BCUT2D eigenvalue weighted by molar-refractivity contribution is 14.1. The second-order valence-corrected chi connectivity index (χ2v) is 5.32. The van der Waals surface area contributed by atoms with E-state index in [1.165, 1.54) is 13.0 Å². The smallest absolute Gasteiger partial charge is 0.264 e. The number of alkyl halides is 1. The van der Waals surface area contributed by atoms with Crippen LogP contribution in [0.5, 0.6) is 0 Å². The van der Waals surface area contributed by atoms with E-state index in [9.17, 15) is 13.2 Å². The van der Waals surface area contributed by atoms with Gasteiger partial charge in [0.25, 0.3) is 10.0 Å². The van der Waals surface area contributed by atoms with Crippen LogP contribution >= 0.6 is 22.6 Å². The lowest BCUT2D eigenvalue weighted by molar-refractivity contribution is -0.117. The van der Waals surface area contributed by atoms with Gasteiger partial charge in [-0.3, -0.25) is 4.79 Å². The monoisotopic (exact) mass is 339 g/mol. The number of hydrogen-bond acceptors (Lipinski definition) is 3. The van der Waals surface area contributed by atoms with Gasteiger partial charge in [-0.15, -0.1) is 0 Å². The third-order valence-corrected chi connectivity index (χ3v) is 4.04. The molecule has 0 fully saturated rings. The topological polar surface area (TPSA) is 63.2 Å². The second-order valence-electron chi connectivity index (χ2n) is 2.90. The molecule has 0 atom stereocenters. The summed E-state index contributed by atoms with van der Waals surface area (Å²) in [5, 5.41) is 0. The summed E-state index contributed by atoms with van der Waals surface area (Å²) in [5.74, 6) is -0.585. The molecule has 0 aliphatic carbocycles. The molecule has 0 bridgehead atoms. The standard InChI is InChI=1S/C9H10INO3S/c1-7(12)11-15(13,14)9-5-3-2-4-8(9)6-10/h2-5H,6H2,1H3,(H,11,12). The van der Waals surface area contributed by atoms with Crippen LogP contribution in [0.4, 0.5) is 0 Å². The Morgan fingerprint density at radius 1 is 1.40 bits per heavy atom. The van der Waals surface area contributed by atoms with Crippen LogP contribution in [0.1, 0.15) is 12.5 Å². The van der Waals surface area contributed by atoms with Gasteiger partial charge in [0.1, 0.15) is 0 Å². The lowest BCUT2D eigenvalue weighted by Crippen LogP contribution is -2.28. The van der Waals surface area contributed by atoms with Gasteiger partial charge in [0.15, 0.2) is 0 Å². The molecule has 4 nitrogen and oxygen atoms in total. The molecule has 1 N–H and O–H groups in total. The van der Waals surface area contributed by atoms with Crippen LogP contribution in [0.2, 0.25) is 0 Å². The minimum absolute atomic E-state index is 0.162. The minimum atomic E-state index is -3.71. The average molecular weight is 339 g/mol. The molecular weight excluding hydrogens is 329 g/mol. The number of carbonyl (C=O) groups is 1. The Morgan fingerprint density at radius 2 is 2.00 bits per heavy atom. The highest BCUT2D eigenvalue weighted by Crippen LogP contribution is 2.17. The number of nitrogens with one attached hydrogen (secondary N) is 1. The predicted octanol–water partition coefficient (Wildman–Crippen LogP) is 1.45. The summed E-state index contributed by atoms with van der Waals surface area (Å²) in [6, 6.07) is 6.60. The molecule has 0 aliphatic rings. The number of amides is 1. The summed E-state index contributed by atoms with van der Waals surface area (Å²) in [5.41, 5.74) is 0.687. The first kappa shape index (κ1) is 12.4. The molecule has 1 aromatic carbocycles. The number of halogens is 1. The largest absolute Gasteiger partial charge is 0.274 e. The van der Waals surface area contributed by atoms with Crippen molar-refractivity contribution in [2.75, 3.05) is 0 Å². The maximum absolute atomic E-state index is 11.7. The van der Waals surface area contributed by atoms with Crippen LogP contribution in [0.25, 0.3) is 0 Å². The Labute approximate surface area is 102 Å². The molecule has 6 heteroatoms. The summed E-state index contributed by atoms with van der Waals surface area (Å²) < 4.78 is 25.9. The third-order valence-electron chi connectivity index (χ3n) is 1.68. The van der Waals surface area contributed by atoms with Gasteiger partial charge in [-0.25, -0.2) is 13.1 Å². The van der Waals surface area contributed by atoms with E-state index >= 15 is 0 Å². The van der Waals surface area contributed by atoms with Gasteiger partial charge in [-0.1, -0.05) is 40.8 Å². The fourth-order valence-corrected chi connectivity index (χ4v) is 3.28. The van der Waals surface area contributed by atoms with Crippen molar-refractivity contribution < 1.29 is 13.2 Å². The van der Waals surface area contributed by atoms with Gasteiger partial charge in [0.2, 0.25) is 5.91 Å². The first-order valence-corrected chi connectivity index (χ1v) is 7.15. The summed E-state index contributed by atoms with van der Waals surface area (Å²) in [6.07, 6.45) is 0. The van der Waals surface area contributed by atoms with Crippen molar-refractivity contribution in [3.63, 3.8) is 0 Å². The van der Waals surface area contributed by atoms with Crippen LogP contribution < -0.4 is 4.72 Å². The van der Waals surface area contributed by atoms with Crippen LogP contribution in [-0.2, 0) is 19.2 Å². The van der Waals surface area contributed by atoms with Crippen molar-refractivity contribution in [2.24, 2.45) is 0 Å². The van der Waals surface area contributed by atoms with Crippen LogP contribution in [-0.4, -0.2) is 14.3 Å². The summed E-state index contributed by atoms with van der Waals surface area (Å²) in [7, 11) is -3.71. The molecule has 0 heterocycles. The average Bonchev–Trinajstić information content (AvgIpc) is 2.16. The molecule has 15 heavy (non-hydrogen) atoms. The van der Waals surface area contributed by atoms with Crippen molar-refractivity contribution in [1.82, 2.24) is 4.72 Å².